The predicted octanol–water partition coefficient (Wildman–Crippen LogP) is -5.54. The smallest absolute Gasteiger partial charge is 1.00 e. The van der Waals surface area contributed by atoms with Crippen molar-refractivity contribution >= 4 is 0 Å². The van der Waals surface area contributed by atoms with Crippen LogP contribution in [0.2, 0.25) is 0 Å². The number of halogens is 2. The van der Waals surface area contributed by atoms with Crippen molar-refractivity contribution in [3.63, 3.8) is 0 Å². The van der Waals surface area contributed by atoms with E-state index in [0.29, 0.717) is 0 Å². The summed E-state index contributed by atoms with van der Waals surface area (Å²) in [5.41, 5.74) is 0. The van der Waals surface area contributed by atoms with Gasteiger partial charge < -0.3 is 24.8 Å². The van der Waals surface area contributed by atoms with Crippen molar-refractivity contribution < 1.29 is 50.0 Å². The Bertz CT molecular complexity index is 280. The van der Waals surface area contributed by atoms with Gasteiger partial charge in [0.15, 0.2) is 0 Å². The summed E-state index contributed by atoms with van der Waals surface area (Å²) in [6.45, 7) is 7.74. The molecule has 23 heavy (non-hydrogen) atoms. The molecule has 137 valence electrons. The summed E-state index contributed by atoms with van der Waals surface area (Å²) < 4.78 is 5.62. The maximum Gasteiger partial charge on any atom is -1.00 e. The fourth-order valence-corrected chi connectivity index (χ4v) is 3.01. The molecule has 0 bridgehead atoms. The van der Waals surface area contributed by atoms with Crippen molar-refractivity contribution in [1.82, 2.24) is 20.4 Å². The van der Waals surface area contributed by atoms with E-state index in [4.69, 9.17) is 4.74 Å². The van der Waals surface area contributed by atoms with E-state index in [1.165, 1.54) is 25.8 Å². The molecule has 1 rings (SSSR count). The Morgan fingerprint density at radius 3 is 2.09 bits per heavy atom. The van der Waals surface area contributed by atoms with Gasteiger partial charge in [0.2, 0.25) is 0 Å². The van der Waals surface area contributed by atoms with E-state index in [1.54, 1.807) is 0 Å². The molecule has 0 aromatic rings. The first-order valence-corrected chi connectivity index (χ1v) is 8.98. The molecule has 0 saturated carbocycles. The molecule has 8 heteroatoms. The summed E-state index contributed by atoms with van der Waals surface area (Å²) in [6.07, 6.45) is 4.63. The average Bonchev–Trinajstić information content (AvgIpc) is 2.47. The quantitative estimate of drug-likeness (QED) is 0.427. The molecule has 1 heterocycles. The standard InChI is InChI=1S/C15H33N4O.2ClH.Ti/c1-18-12-5-10-16-8-4-9-17-11-7-15(20-3)19(2)14-6-13-18;;;/h16-17H,4-14H2,1-3H3;2*1H;/q;;;+2/p-2. The Morgan fingerprint density at radius 2 is 1.43 bits per heavy atom. The summed E-state index contributed by atoms with van der Waals surface area (Å²) in [7, 11) is 6.23. The van der Waals surface area contributed by atoms with Gasteiger partial charge in [-0.3, -0.25) is 0 Å². The summed E-state index contributed by atoms with van der Waals surface area (Å²) in [5.74, 6) is 0. The van der Waals surface area contributed by atoms with E-state index in [9.17, 15) is 0 Å². The SMILES string of the molecule is CO[C]1([Ti+2])CCNCCCNCCCN(C)CCCN1C.[Cl-].[Cl-]. The maximum atomic E-state index is 5.78. The van der Waals surface area contributed by atoms with Crippen LogP contribution in [0.5, 0.6) is 0 Å². The van der Waals surface area contributed by atoms with Gasteiger partial charge in [-0.25, -0.2) is 0 Å². The second-order valence-electron chi connectivity index (χ2n) is 6.02. The van der Waals surface area contributed by atoms with E-state index < -0.39 is 0 Å². The van der Waals surface area contributed by atoms with Crippen LogP contribution < -0.4 is 35.4 Å². The zero-order valence-corrected chi connectivity index (χ0v) is 17.9. The van der Waals surface area contributed by atoms with Gasteiger partial charge >= 0.3 is 142 Å². The van der Waals surface area contributed by atoms with E-state index in [0.717, 1.165) is 45.7 Å². The summed E-state index contributed by atoms with van der Waals surface area (Å²) in [6, 6.07) is 0. The molecule has 0 aliphatic carbocycles. The predicted molar refractivity (Wildman–Crippen MR) is 84.1 cm³/mol. The third kappa shape index (κ3) is 11.3. The van der Waals surface area contributed by atoms with Crippen molar-refractivity contribution in [3.8, 4) is 0 Å². The maximum absolute atomic E-state index is 5.78. The molecule has 1 atom stereocenters. The molecule has 1 aliphatic heterocycles. The topological polar surface area (TPSA) is 39.8 Å². The molecular formula is C15H33Cl2N4OTi. The number of hydrogen-bond acceptors (Lipinski definition) is 5. The average molecular weight is 404 g/mol. The van der Waals surface area contributed by atoms with Crippen LogP contribution in [0.1, 0.15) is 25.7 Å². The Balaban J connectivity index is 0. The molecule has 0 radical (unpaired) electrons. The van der Waals surface area contributed by atoms with Crippen LogP contribution in [0.4, 0.5) is 0 Å². The van der Waals surface area contributed by atoms with Crippen LogP contribution >= 0.6 is 0 Å². The van der Waals surface area contributed by atoms with Crippen LogP contribution in [0.3, 0.4) is 0 Å². The molecule has 1 aliphatic rings. The Morgan fingerprint density at radius 1 is 0.870 bits per heavy atom. The normalized spacial score (nSPS) is 27.7. The summed E-state index contributed by atoms with van der Waals surface area (Å²) >= 11 is 2.20. The molecule has 1 fully saturated rings. The molecular weight excluding hydrogens is 371 g/mol. The first-order valence-electron chi connectivity index (χ1n) is 8.20. The van der Waals surface area contributed by atoms with Crippen LogP contribution in [0.15, 0.2) is 0 Å². The molecule has 0 amide bonds. The molecule has 0 aromatic carbocycles. The Kier molecular flexibility index (Phi) is 17.6. The van der Waals surface area contributed by atoms with Gasteiger partial charge in [-0.15, -0.1) is 0 Å². The number of nitrogens with one attached hydrogen (secondary N) is 2. The fourth-order valence-electron chi connectivity index (χ4n) is 2.64. The van der Waals surface area contributed by atoms with Crippen molar-refractivity contribution in [1.29, 1.82) is 0 Å². The second kappa shape index (κ2) is 15.4. The van der Waals surface area contributed by atoms with Crippen LogP contribution in [0.25, 0.3) is 0 Å². The number of rotatable bonds is 1. The molecule has 0 aromatic heterocycles. The van der Waals surface area contributed by atoms with Crippen molar-refractivity contribution in [2.75, 3.05) is 67.0 Å². The fraction of sp³-hybridized carbons (Fsp3) is 1.00. The van der Waals surface area contributed by atoms with Gasteiger partial charge in [-0.05, 0) is 0 Å². The van der Waals surface area contributed by atoms with E-state index in [1.807, 2.05) is 7.11 Å². The first kappa shape index (κ1) is 26.3. The van der Waals surface area contributed by atoms with Crippen LogP contribution in [0, 0.1) is 0 Å². The summed E-state index contributed by atoms with van der Waals surface area (Å²) in [5, 5.41) is 7.05. The van der Waals surface area contributed by atoms with Crippen molar-refractivity contribution in [2.45, 2.75) is 29.7 Å². The van der Waals surface area contributed by atoms with Gasteiger partial charge in [0.1, 0.15) is 0 Å². The third-order valence-electron chi connectivity index (χ3n) is 4.23. The van der Waals surface area contributed by atoms with E-state index >= 15 is 0 Å². The molecule has 5 nitrogen and oxygen atoms in total. The van der Waals surface area contributed by atoms with Gasteiger partial charge in [-0.1, -0.05) is 0 Å². The van der Waals surface area contributed by atoms with Gasteiger partial charge in [-0.2, -0.15) is 0 Å². The number of methoxy groups -OCH3 is 1. The van der Waals surface area contributed by atoms with Crippen molar-refractivity contribution in [2.24, 2.45) is 0 Å². The zero-order valence-electron chi connectivity index (χ0n) is 14.8. The minimum Gasteiger partial charge on any atom is -1.00 e. The minimum absolute atomic E-state index is 0. The monoisotopic (exact) mass is 403 g/mol. The van der Waals surface area contributed by atoms with E-state index in [2.05, 4.69) is 55.0 Å². The minimum atomic E-state index is -0.166. The van der Waals surface area contributed by atoms with Crippen LogP contribution in [-0.4, -0.2) is 80.8 Å². The second-order valence-corrected chi connectivity index (χ2v) is 7.24. The summed E-state index contributed by atoms with van der Waals surface area (Å²) in [4.78, 5) is 4.79. The van der Waals surface area contributed by atoms with Gasteiger partial charge in [0.25, 0.3) is 0 Å². The number of hydrogen-bond donors (Lipinski definition) is 2. The first-order chi connectivity index (χ1) is 10.1. The van der Waals surface area contributed by atoms with Crippen LogP contribution in [-0.2, 0) is 25.2 Å². The Hall–Kier alpha value is 1.09. The van der Waals surface area contributed by atoms with Gasteiger partial charge in [0, 0.05) is 0 Å². The van der Waals surface area contributed by atoms with Gasteiger partial charge in [0.05, 0.1) is 0 Å². The van der Waals surface area contributed by atoms with Crippen molar-refractivity contribution in [3.05, 3.63) is 0 Å². The van der Waals surface area contributed by atoms with E-state index in [-0.39, 0.29) is 28.8 Å². The zero-order chi connectivity index (χ0) is 15.6. The molecule has 1 saturated heterocycles. The number of nitrogens with zero attached hydrogens (tertiary/aromatic N) is 2. The Labute approximate surface area is 166 Å². The number of ether oxygens (including phenoxy) is 1. The molecule has 0 spiro atoms. The third-order valence-corrected chi connectivity index (χ3v) is 5.53. The largest absolute Gasteiger partial charge is 1.00 e. The molecule has 2 N–H and O–H groups in total. The molecule has 1 unspecified atom stereocenters.